The molecule has 4 rings (SSSR count). The van der Waals surface area contributed by atoms with Gasteiger partial charge < -0.3 is 31.1 Å². The third-order valence-electron chi connectivity index (χ3n) is 6.48. The fraction of sp³-hybridized carbons (Fsp3) is 0.348. The summed E-state index contributed by atoms with van der Waals surface area (Å²) in [5.41, 5.74) is 3.96. The van der Waals surface area contributed by atoms with Gasteiger partial charge in [0.05, 0.1) is 25.3 Å². The number of thiazole rings is 1. The number of imide groups is 1. The second-order valence-corrected chi connectivity index (χ2v) is 12.8. The van der Waals surface area contributed by atoms with Gasteiger partial charge in [-0.1, -0.05) is 5.16 Å². The number of hydrogen-bond acceptors (Lipinski definition) is 15. The average molecular weight is 699 g/mol. The highest BCUT2D eigenvalue weighted by Gasteiger charge is 2.46. The van der Waals surface area contributed by atoms with Crippen LogP contribution in [0, 0.1) is 6.92 Å². The largest absolute Gasteiger partial charge is 0.503 e. The van der Waals surface area contributed by atoms with Crippen LogP contribution >= 0.6 is 11.3 Å². The van der Waals surface area contributed by atoms with Crippen molar-refractivity contribution in [3.63, 3.8) is 0 Å². The number of carbonyl (C=O) groups excluding carboxylic acids is 5. The second kappa shape index (κ2) is 12.5. The SMILES string of the molecule is Cc1[nH]c(C(=O)NN2CCN(S(=O)(=O)NC(=O)N3C[C@H](NC(=O)C(=NOC(C)(C)C(=O)O)c4csc(N)n4)C3=O)C2=O)cc(=O)c1O. The van der Waals surface area contributed by atoms with Crippen molar-refractivity contribution in [1.29, 1.82) is 0 Å². The van der Waals surface area contributed by atoms with Gasteiger partial charge >= 0.3 is 28.2 Å². The van der Waals surface area contributed by atoms with Gasteiger partial charge in [-0.05, 0) is 20.8 Å². The lowest BCUT2D eigenvalue weighted by atomic mass is 10.1. The molecule has 8 N–H and O–H groups in total. The molecule has 2 aliphatic heterocycles. The number of pyridine rings is 1. The molecule has 24 heteroatoms. The predicted octanol–water partition coefficient (Wildman–Crippen LogP) is -2.62. The molecule has 2 aromatic heterocycles. The number of carbonyl (C=O) groups is 6. The van der Waals surface area contributed by atoms with Crippen LogP contribution in [0.3, 0.4) is 0 Å². The van der Waals surface area contributed by atoms with Gasteiger partial charge in [0, 0.05) is 11.4 Å². The normalized spacial score (nSPS) is 16.9. The van der Waals surface area contributed by atoms with E-state index in [0.29, 0.717) is 9.91 Å². The molecule has 0 saturated carbocycles. The third kappa shape index (κ3) is 7.06. The number of rotatable bonds is 10. The van der Waals surface area contributed by atoms with Crippen LogP contribution in [0.5, 0.6) is 5.75 Å². The van der Waals surface area contributed by atoms with E-state index in [9.17, 15) is 52.2 Å². The number of aromatic amines is 1. The molecule has 22 nitrogen and oxygen atoms in total. The molecule has 2 aliphatic rings. The number of nitrogens with one attached hydrogen (secondary N) is 4. The van der Waals surface area contributed by atoms with E-state index in [1.54, 1.807) is 4.72 Å². The van der Waals surface area contributed by atoms with E-state index >= 15 is 0 Å². The number of hydrogen-bond donors (Lipinski definition) is 7. The zero-order valence-corrected chi connectivity index (χ0v) is 26.1. The number of amides is 7. The van der Waals surface area contributed by atoms with Crippen molar-refractivity contribution in [1.82, 2.24) is 39.6 Å². The monoisotopic (exact) mass is 698 g/mol. The summed E-state index contributed by atoms with van der Waals surface area (Å²) in [5, 5.41) is 26.6. The van der Waals surface area contributed by atoms with Gasteiger partial charge in [-0.25, -0.2) is 33.4 Å². The maximum atomic E-state index is 12.9. The Bertz CT molecular complexity index is 1890. The summed E-state index contributed by atoms with van der Waals surface area (Å²) in [6, 6.07) is -3.32. The minimum Gasteiger partial charge on any atom is -0.503 e. The first-order valence-electron chi connectivity index (χ1n) is 13.1. The molecule has 2 aromatic rings. The lowest BCUT2D eigenvalue weighted by Gasteiger charge is -2.36. The Morgan fingerprint density at radius 1 is 1.21 bits per heavy atom. The maximum absolute atomic E-state index is 12.9. The number of aliphatic carboxylic acids is 1. The Labute approximate surface area is 267 Å². The molecule has 2 fully saturated rings. The van der Waals surface area contributed by atoms with Gasteiger partial charge in [0.15, 0.2) is 16.6 Å². The number of H-pyrrole nitrogens is 1. The molecule has 7 amide bonds. The highest BCUT2D eigenvalue weighted by atomic mass is 32.2. The first kappa shape index (κ1) is 34.1. The lowest BCUT2D eigenvalue weighted by Crippen LogP contribution is -2.68. The zero-order valence-electron chi connectivity index (χ0n) is 24.5. The van der Waals surface area contributed by atoms with Crippen molar-refractivity contribution >= 4 is 68.1 Å². The average Bonchev–Trinajstić information content (AvgIpc) is 3.57. The van der Waals surface area contributed by atoms with Gasteiger partial charge in [-0.2, -0.15) is 8.42 Å². The van der Waals surface area contributed by atoms with Crippen LogP contribution in [0.1, 0.15) is 35.7 Å². The summed E-state index contributed by atoms with van der Waals surface area (Å²) in [4.78, 5) is 98.3. The number of aromatic nitrogens is 2. The van der Waals surface area contributed by atoms with E-state index in [1.807, 2.05) is 0 Å². The molecular formula is C23H26N10O12S2. The number of urea groups is 2. The molecule has 1 atom stereocenters. The Morgan fingerprint density at radius 2 is 1.89 bits per heavy atom. The fourth-order valence-corrected chi connectivity index (χ4v) is 5.41. The number of oxime groups is 1. The summed E-state index contributed by atoms with van der Waals surface area (Å²) < 4.78 is 27.4. The van der Waals surface area contributed by atoms with E-state index in [0.717, 1.165) is 31.3 Å². The number of carboxylic acid groups (broad SMARTS) is 1. The predicted molar refractivity (Wildman–Crippen MR) is 157 cm³/mol. The van der Waals surface area contributed by atoms with Crippen molar-refractivity contribution in [2.75, 3.05) is 25.4 Å². The van der Waals surface area contributed by atoms with E-state index in [2.05, 4.69) is 25.9 Å². The Hall–Kier alpha value is -5.78. The standard InChI is InChI=1S/C23H26N10O12S2/c1-9-15(35)13(34)6-10(25-9)16(36)28-32-4-5-33(22(32)42)47(43,44)30-21(41)31-7-11(18(31)38)26-17(37)14(12-8-46-20(24)27-12)29-45-23(2,3)19(39)40/h6,8,11,35H,4-5,7H2,1-3H3,(H2,24,27)(H,25,34)(H,26,37)(H,28,36)(H,30,41)(H,39,40)/t11-/m0/s1. The number of carboxylic acids is 1. The number of nitrogen functional groups attached to an aromatic ring is 1. The van der Waals surface area contributed by atoms with Crippen LogP contribution in [0.4, 0.5) is 14.7 Å². The Kier molecular flexibility index (Phi) is 9.10. The van der Waals surface area contributed by atoms with Crippen molar-refractivity contribution in [3.8, 4) is 5.75 Å². The van der Waals surface area contributed by atoms with Gasteiger partial charge in [0.25, 0.3) is 17.7 Å². The van der Waals surface area contributed by atoms with E-state index in [1.165, 1.54) is 12.3 Å². The van der Waals surface area contributed by atoms with Crippen LogP contribution in [0.15, 0.2) is 21.4 Å². The highest BCUT2D eigenvalue weighted by molar-refractivity contribution is 7.88. The summed E-state index contributed by atoms with van der Waals surface area (Å²) in [6.07, 6.45) is 0. The summed E-state index contributed by atoms with van der Waals surface area (Å²) in [5.74, 6) is -5.13. The highest BCUT2D eigenvalue weighted by Crippen LogP contribution is 2.18. The Morgan fingerprint density at radius 3 is 2.47 bits per heavy atom. The van der Waals surface area contributed by atoms with Crippen LogP contribution in [0.2, 0.25) is 0 Å². The zero-order chi connectivity index (χ0) is 35.0. The van der Waals surface area contributed by atoms with Crippen molar-refractivity contribution in [2.45, 2.75) is 32.4 Å². The number of likely N-dealkylation sites (tertiary alicyclic amines) is 1. The fourth-order valence-electron chi connectivity index (χ4n) is 3.79. The number of aryl methyl sites for hydroxylation is 1. The first-order valence-corrected chi connectivity index (χ1v) is 15.4. The minimum atomic E-state index is -4.90. The molecule has 0 aromatic carbocycles. The van der Waals surface area contributed by atoms with Gasteiger partial charge in [-0.15, -0.1) is 11.3 Å². The van der Waals surface area contributed by atoms with Crippen molar-refractivity contribution in [3.05, 3.63) is 38.8 Å². The van der Waals surface area contributed by atoms with Crippen molar-refractivity contribution in [2.24, 2.45) is 5.16 Å². The first-order chi connectivity index (χ1) is 21.8. The number of anilines is 1. The van der Waals surface area contributed by atoms with Crippen LogP contribution in [-0.4, -0.2) is 116 Å². The molecule has 4 heterocycles. The van der Waals surface area contributed by atoms with Crippen LogP contribution < -0.4 is 26.6 Å². The molecule has 47 heavy (non-hydrogen) atoms. The van der Waals surface area contributed by atoms with E-state index in [4.69, 9.17) is 10.6 Å². The molecule has 0 spiro atoms. The lowest BCUT2D eigenvalue weighted by molar-refractivity contribution is -0.161. The molecule has 0 aliphatic carbocycles. The molecule has 252 valence electrons. The van der Waals surface area contributed by atoms with E-state index in [-0.39, 0.29) is 33.1 Å². The number of nitrogens with zero attached hydrogens (tertiary/aromatic N) is 5. The topological polar surface area (TPSA) is 316 Å². The quantitative estimate of drug-likeness (QED) is 0.0759. The van der Waals surface area contributed by atoms with Crippen molar-refractivity contribution < 1.29 is 52.2 Å². The van der Waals surface area contributed by atoms with Gasteiger partial charge in [-0.3, -0.25) is 29.5 Å². The van der Waals surface area contributed by atoms with Crippen LogP contribution in [0.25, 0.3) is 0 Å². The summed E-state index contributed by atoms with van der Waals surface area (Å²) in [7, 11) is -4.90. The van der Waals surface area contributed by atoms with Crippen LogP contribution in [-0.2, 0) is 29.4 Å². The van der Waals surface area contributed by atoms with E-state index < -0.39 is 87.6 Å². The number of aromatic hydroxyl groups is 1. The number of hydrazine groups is 1. The molecule has 0 bridgehead atoms. The maximum Gasteiger partial charge on any atom is 0.353 e. The number of nitrogens with two attached hydrogens (primary N) is 1. The third-order valence-corrected chi connectivity index (χ3v) is 8.51. The number of β-lactam (4-membered cyclic amide) rings is 1. The Balaban J connectivity index is 1.36. The summed E-state index contributed by atoms with van der Waals surface area (Å²) in [6.45, 7) is 2.24. The molecule has 0 unspecified atom stereocenters. The molecule has 2 saturated heterocycles. The smallest absolute Gasteiger partial charge is 0.353 e. The van der Waals surface area contributed by atoms with Gasteiger partial charge in [0.1, 0.15) is 17.4 Å². The molecular weight excluding hydrogens is 672 g/mol. The van der Waals surface area contributed by atoms with Gasteiger partial charge in [0.2, 0.25) is 11.0 Å². The second-order valence-electron chi connectivity index (χ2n) is 10.3. The molecule has 0 radical (unpaired) electrons. The summed E-state index contributed by atoms with van der Waals surface area (Å²) >= 11 is 0.929. The minimum absolute atomic E-state index is 0.0308.